The standard InChI is InChI=1S/C30H40N4O4S/c1-29(2,3)39(38)34-20-23-19-24(28(36)33-15-13-32(6)14-16-33)31-27(26(23)25(34)11-17-35)22-9-7-8-21(18-22)10-12-30(4,5)37/h7-9,18-19,25,35,37H,11,13-17,20H2,1-6H3/t25-,39?/m1/s1. The third kappa shape index (κ3) is 6.76. The fourth-order valence-electron chi connectivity index (χ4n) is 4.94. The molecule has 4 rings (SSSR count). The van der Waals surface area contributed by atoms with Crippen LogP contribution in [0.15, 0.2) is 30.3 Å². The number of aromatic nitrogens is 1. The number of benzene rings is 1. The zero-order valence-electron chi connectivity index (χ0n) is 23.8. The summed E-state index contributed by atoms with van der Waals surface area (Å²) in [5.41, 5.74) is 3.18. The minimum atomic E-state index is -1.33. The Morgan fingerprint density at radius 1 is 1.13 bits per heavy atom. The number of aliphatic hydroxyl groups excluding tert-OH is 1. The third-order valence-corrected chi connectivity index (χ3v) is 8.81. The molecule has 9 heteroatoms. The molecule has 8 nitrogen and oxygen atoms in total. The zero-order chi connectivity index (χ0) is 28.5. The molecule has 0 spiro atoms. The number of hydrogen-bond donors (Lipinski definition) is 2. The van der Waals surface area contributed by atoms with E-state index < -0.39 is 21.3 Å². The number of fused-ring (bicyclic) bond motifs is 1. The van der Waals surface area contributed by atoms with Gasteiger partial charge in [0.05, 0.1) is 16.5 Å². The van der Waals surface area contributed by atoms with Crippen LogP contribution in [0.1, 0.15) is 74.3 Å². The van der Waals surface area contributed by atoms with Crippen molar-refractivity contribution in [3.05, 3.63) is 52.7 Å². The maximum Gasteiger partial charge on any atom is 0.272 e. The number of hydrogen-bond acceptors (Lipinski definition) is 6. The Morgan fingerprint density at radius 2 is 1.82 bits per heavy atom. The SMILES string of the molecule is CN1CCN(C(=O)c2cc3c(c(-c4cccc(C#CC(C)(C)O)c4)n2)[C@@H](CCO)N(S(=O)C(C)(C)C)C3)CC1. The van der Waals surface area contributed by atoms with Crippen LogP contribution in [-0.4, -0.2) is 89.6 Å². The third-order valence-electron chi connectivity index (χ3n) is 6.95. The number of likely N-dealkylation sites (N-methyl/N-ethyl adjacent to an activating group) is 1. The predicted molar refractivity (Wildman–Crippen MR) is 154 cm³/mol. The van der Waals surface area contributed by atoms with Crippen molar-refractivity contribution in [3.63, 3.8) is 0 Å². The van der Waals surface area contributed by atoms with Crippen LogP contribution < -0.4 is 0 Å². The van der Waals surface area contributed by atoms with E-state index in [1.54, 1.807) is 13.8 Å². The van der Waals surface area contributed by atoms with Crippen LogP contribution >= 0.6 is 0 Å². The summed E-state index contributed by atoms with van der Waals surface area (Å²) >= 11 is 0. The highest BCUT2D eigenvalue weighted by Gasteiger charge is 2.40. The van der Waals surface area contributed by atoms with E-state index in [-0.39, 0.29) is 18.6 Å². The highest BCUT2D eigenvalue weighted by molar-refractivity contribution is 7.84. The molecule has 2 atom stereocenters. The molecule has 1 amide bonds. The largest absolute Gasteiger partial charge is 0.396 e. The van der Waals surface area contributed by atoms with Crippen LogP contribution in [0.3, 0.4) is 0 Å². The summed E-state index contributed by atoms with van der Waals surface area (Å²) in [6.07, 6.45) is 0.396. The highest BCUT2D eigenvalue weighted by Crippen LogP contribution is 2.44. The highest BCUT2D eigenvalue weighted by atomic mass is 32.2. The van der Waals surface area contributed by atoms with Crippen LogP contribution in [0.25, 0.3) is 11.3 Å². The smallest absolute Gasteiger partial charge is 0.272 e. The quantitative estimate of drug-likeness (QED) is 0.554. The van der Waals surface area contributed by atoms with Crippen LogP contribution in [0.2, 0.25) is 0 Å². The second kappa shape index (κ2) is 11.5. The van der Waals surface area contributed by atoms with E-state index >= 15 is 0 Å². The van der Waals surface area contributed by atoms with Gasteiger partial charge in [0.1, 0.15) is 22.3 Å². The average molecular weight is 553 g/mol. The van der Waals surface area contributed by atoms with Crippen molar-refractivity contribution in [1.82, 2.24) is 19.1 Å². The van der Waals surface area contributed by atoms with Crippen molar-refractivity contribution < 1.29 is 19.2 Å². The van der Waals surface area contributed by atoms with Crippen LogP contribution in [0.4, 0.5) is 0 Å². The summed E-state index contributed by atoms with van der Waals surface area (Å²) in [4.78, 5) is 22.6. The van der Waals surface area contributed by atoms with Crippen molar-refractivity contribution in [2.24, 2.45) is 0 Å². The van der Waals surface area contributed by atoms with Gasteiger partial charge in [-0.15, -0.1) is 0 Å². The van der Waals surface area contributed by atoms with E-state index in [0.29, 0.717) is 43.0 Å². The van der Waals surface area contributed by atoms with Gasteiger partial charge >= 0.3 is 0 Å². The van der Waals surface area contributed by atoms with Gasteiger partial charge in [-0.1, -0.05) is 24.0 Å². The Hall–Kier alpha value is -2.61. The van der Waals surface area contributed by atoms with Crippen molar-refractivity contribution in [2.45, 2.75) is 64.0 Å². The number of piperazine rings is 1. The number of carbonyl (C=O) groups is 1. The average Bonchev–Trinajstić information content (AvgIpc) is 3.24. The van der Waals surface area contributed by atoms with Gasteiger partial charge in [0, 0.05) is 56.0 Å². The summed E-state index contributed by atoms with van der Waals surface area (Å²) in [6, 6.07) is 9.13. The molecular formula is C30H40N4O4S. The molecule has 39 heavy (non-hydrogen) atoms. The van der Waals surface area contributed by atoms with Gasteiger partial charge in [0.25, 0.3) is 5.91 Å². The fourth-order valence-corrected chi connectivity index (χ4v) is 6.34. The first-order valence-electron chi connectivity index (χ1n) is 13.5. The molecule has 2 aromatic rings. The number of rotatable bonds is 5. The van der Waals surface area contributed by atoms with Gasteiger partial charge in [0.15, 0.2) is 0 Å². The second-order valence-corrected chi connectivity index (χ2v) is 14.1. The van der Waals surface area contributed by atoms with E-state index in [1.807, 2.05) is 67.4 Å². The molecule has 1 unspecified atom stereocenters. The summed E-state index contributed by atoms with van der Waals surface area (Å²) < 4.78 is 15.0. The minimum absolute atomic E-state index is 0.0690. The molecule has 2 N–H and O–H groups in total. The second-order valence-electron chi connectivity index (χ2n) is 11.9. The Bertz CT molecular complexity index is 1310. The molecule has 210 valence electrons. The Kier molecular flexibility index (Phi) is 8.64. The van der Waals surface area contributed by atoms with Crippen molar-refractivity contribution >= 4 is 16.9 Å². The minimum Gasteiger partial charge on any atom is -0.396 e. The molecule has 1 saturated heterocycles. The molecule has 0 bridgehead atoms. The predicted octanol–water partition coefficient (Wildman–Crippen LogP) is 2.96. The summed E-state index contributed by atoms with van der Waals surface area (Å²) in [7, 11) is 0.713. The lowest BCUT2D eigenvalue weighted by atomic mass is 9.95. The Balaban J connectivity index is 1.86. The molecular weight excluding hydrogens is 512 g/mol. The van der Waals surface area contributed by atoms with E-state index in [4.69, 9.17) is 4.98 Å². The van der Waals surface area contributed by atoms with E-state index in [9.17, 15) is 19.2 Å². The Morgan fingerprint density at radius 3 is 2.44 bits per heavy atom. The number of amides is 1. The monoisotopic (exact) mass is 552 g/mol. The van der Waals surface area contributed by atoms with Crippen LogP contribution in [0, 0.1) is 11.8 Å². The molecule has 1 aromatic heterocycles. The Labute approximate surface area is 234 Å². The normalized spacial score (nSPS) is 19.4. The first-order valence-corrected chi connectivity index (χ1v) is 14.6. The molecule has 1 fully saturated rings. The lowest BCUT2D eigenvalue weighted by Crippen LogP contribution is -2.47. The molecule has 2 aliphatic rings. The van der Waals surface area contributed by atoms with Gasteiger partial charge in [-0.25, -0.2) is 13.5 Å². The summed E-state index contributed by atoms with van der Waals surface area (Å²) in [6.45, 7) is 12.3. The molecule has 3 heterocycles. The van der Waals surface area contributed by atoms with Crippen LogP contribution in [-0.2, 0) is 17.5 Å². The molecule has 0 saturated carbocycles. The molecule has 0 radical (unpaired) electrons. The number of pyridine rings is 1. The maximum absolute atomic E-state index is 13.6. The lowest BCUT2D eigenvalue weighted by Gasteiger charge is -2.32. The number of nitrogens with zero attached hydrogens (tertiary/aromatic N) is 4. The van der Waals surface area contributed by atoms with E-state index in [0.717, 1.165) is 29.8 Å². The summed E-state index contributed by atoms with van der Waals surface area (Å²) in [5.74, 6) is 5.77. The van der Waals surface area contributed by atoms with Crippen molar-refractivity contribution in [2.75, 3.05) is 39.8 Å². The fraction of sp³-hybridized carbons (Fsp3) is 0.533. The maximum atomic E-state index is 13.6. The molecule has 1 aromatic carbocycles. The van der Waals surface area contributed by atoms with E-state index in [2.05, 4.69) is 16.7 Å². The number of aliphatic hydroxyl groups is 2. The van der Waals surface area contributed by atoms with Gasteiger partial charge in [-0.3, -0.25) is 4.79 Å². The first-order chi connectivity index (χ1) is 18.3. The van der Waals surface area contributed by atoms with Crippen molar-refractivity contribution in [3.8, 4) is 23.1 Å². The summed E-state index contributed by atoms with van der Waals surface area (Å²) in [5, 5.41) is 20.1. The zero-order valence-corrected chi connectivity index (χ0v) is 24.6. The van der Waals surface area contributed by atoms with Gasteiger partial charge in [-0.2, -0.15) is 0 Å². The molecule has 2 aliphatic heterocycles. The van der Waals surface area contributed by atoms with Gasteiger partial charge < -0.3 is 20.0 Å². The van der Waals surface area contributed by atoms with Gasteiger partial charge in [-0.05, 0) is 71.8 Å². The topological polar surface area (TPSA) is 97.2 Å². The first kappa shape index (κ1) is 29.4. The molecule has 0 aliphatic carbocycles. The van der Waals surface area contributed by atoms with Crippen molar-refractivity contribution in [1.29, 1.82) is 0 Å². The van der Waals surface area contributed by atoms with Gasteiger partial charge in [0.2, 0.25) is 0 Å². The number of carbonyl (C=O) groups excluding carboxylic acids is 1. The van der Waals surface area contributed by atoms with Crippen LogP contribution in [0.5, 0.6) is 0 Å². The lowest BCUT2D eigenvalue weighted by molar-refractivity contribution is 0.0658. The van der Waals surface area contributed by atoms with E-state index in [1.165, 1.54) is 0 Å².